The average Bonchev–Trinajstić information content (AvgIpc) is 2.56. The van der Waals surface area contributed by atoms with E-state index in [0.717, 1.165) is 0 Å². The molecule has 7 nitrogen and oxygen atoms in total. The largest absolute Gasteiger partial charge is 0.491 e. The van der Waals surface area contributed by atoms with Crippen LogP contribution in [0.15, 0.2) is 48.5 Å². The third-order valence-corrected chi connectivity index (χ3v) is 2.89. The third-order valence-electron chi connectivity index (χ3n) is 2.89. The first kappa shape index (κ1) is 16.4. The van der Waals surface area contributed by atoms with Crippen molar-refractivity contribution >= 4 is 11.7 Å². The zero-order chi connectivity index (χ0) is 16.7. The monoisotopic (exact) mass is 317 g/mol. The molecule has 7 heteroatoms. The summed E-state index contributed by atoms with van der Waals surface area (Å²) in [5, 5.41) is 10.7. The number of rotatable bonds is 7. The molecule has 2 rings (SSSR count). The molecule has 0 saturated carbocycles. The van der Waals surface area contributed by atoms with Crippen molar-refractivity contribution < 1.29 is 23.9 Å². The zero-order valence-electron chi connectivity index (χ0n) is 12.4. The zero-order valence-corrected chi connectivity index (χ0v) is 12.4. The van der Waals surface area contributed by atoms with Crippen LogP contribution in [0.1, 0.15) is 10.4 Å². The van der Waals surface area contributed by atoms with E-state index in [2.05, 4.69) is 0 Å². The summed E-state index contributed by atoms with van der Waals surface area (Å²) in [4.78, 5) is 22.2. The standard InChI is InChI=1S/C16H15NO6/c1-21-9-10-22-14-7-5-12(6-8-14)16(18)23-15-4-2-3-13(11-15)17(19)20/h2-8,11H,9-10H2,1H3. The lowest BCUT2D eigenvalue weighted by Gasteiger charge is -2.07. The first-order valence-corrected chi connectivity index (χ1v) is 6.78. The van der Waals surface area contributed by atoms with E-state index in [1.54, 1.807) is 31.4 Å². The van der Waals surface area contributed by atoms with Crippen molar-refractivity contribution in [2.45, 2.75) is 0 Å². The van der Waals surface area contributed by atoms with E-state index in [9.17, 15) is 14.9 Å². The molecule has 0 unspecified atom stereocenters. The minimum atomic E-state index is -0.603. The number of carbonyl (C=O) groups is 1. The van der Waals surface area contributed by atoms with Gasteiger partial charge in [-0.2, -0.15) is 0 Å². The van der Waals surface area contributed by atoms with Gasteiger partial charge in [-0.05, 0) is 30.3 Å². The molecular formula is C16H15NO6. The van der Waals surface area contributed by atoms with Gasteiger partial charge in [0.2, 0.25) is 0 Å². The van der Waals surface area contributed by atoms with Gasteiger partial charge in [0.05, 0.1) is 23.2 Å². The van der Waals surface area contributed by atoms with Crippen LogP contribution in [0.4, 0.5) is 5.69 Å². The van der Waals surface area contributed by atoms with Crippen molar-refractivity contribution in [3.8, 4) is 11.5 Å². The lowest BCUT2D eigenvalue weighted by Crippen LogP contribution is -2.09. The molecule has 2 aromatic carbocycles. The number of methoxy groups -OCH3 is 1. The molecule has 120 valence electrons. The lowest BCUT2D eigenvalue weighted by atomic mass is 10.2. The fourth-order valence-corrected chi connectivity index (χ4v) is 1.76. The summed E-state index contributed by atoms with van der Waals surface area (Å²) in [6.45, 7) is 0.880. The molecule has 0 N–H and O–H groups in total. The summed E-state index contributed by atoms with van der Waals surface area (Å²) in [6.07, 6.45) is 0. The number of esters is 1. The Labute approximate surface area is 132 Å². The first-order valence-electron chi connectivity index (χ1n) is 6.78. The van der Waals surface area contributed by atoms with Crippen LogP contribution >= 0.6 is 0 Å². The predicted molar refractivity (Wildman–Crippen MR) is 81.9 cm³/mol. The molecule has 0 spiro atoms. The molecule has 23 heavy (non-hydrogen) atoms. The third kappa shape index (κ3) is 4.79. The van der Waals surface area contributed by atoms with Gasteiger partial charge in [-0.15, -0.1) is 0 Å². The van der Waals surface area contributed by atoms with Gasteiger partial charge in [-0.1, -0.05) is 6.07 Å². The molecule has 0 aliphatic carbocycles. The van der Waals surface area contributed by atoms with Crippen LogP contribution in [0.2, 0.25) is 0 Å². The second-order valence-electron chi connectivity index (χ2n) is 4.51. The second-order valence-corrected chi connectivity index (χ2v) is 4.51. The Morgan fingerprint density at radius 1 is 1.09 bits per heavy atom. The molecule has 0 fully saturated rings. The van der Waals surface area contributed by atoms with E-state index < -0.39 is 10.9 Å². The van der Waals surface area contributed by atoms with Gasteiger partial charge >= 0.3 is 5.97 Å². The van der Waals surface area contributed by atoms with Crippen LogP contribution < -0.4 is 9.47 Å². The molecule has 0 atom stereocenters. The van der Waals surface area contributed by atoms with Crippen LogP contribution in [0.3, 0.4) is 0 Å². The molecule has 0 heterocycles. The highest BCUT2D eigenvalue weighted by Crippen LogP contribution is 2.20. The minimum absolute atomic E-state index is 0.115. The summed E-state index contributed by atoms with van der Waals surface area (Å²) in [5.74, 6) is 0.118. The van der Waals surface area contributed by atoms with E-state index in [1.807, 2.05) is 0 Å². The molecule has 2 aromatic rings. The number of ether oxygens (including phenoxy) is 3. The Bertz CT molecular complexity index is 683. The molecule has 0 bridgehead atoms. The highest BCUT2D eigenvalue weighted by atomic mass is 16.6. The van der Waals surface area contributed by atoms with E-state index in [4.69, 9.17) is 14.2 Å². The number of benzene rings is 2. The Morgan fingerprint density at radius 2 is 1.83 bits per heavy atom. The van der Waals surface area contributed by atoms with E-state index in [1.165, 1.54) is 24.3 Å². The van der Waals surface area contributed by atoms with Gasteiger partial charge in [0.25, 0.3) is 5.69 Å². The van der Waals surface area contributed by atoms with Crippen LogP contribution in [0.5, 0.6) is 11.5 Å². The number of non-ortho nitro benzene ring substituents is 1. The van der Waals surface area contributed by atoms with Crippen molar-refractivity contribution in [3.05, 3.63) is 64.2 Å². The van der Waals surface area contributed by atoms with Gasteiger partial charge in [0, 0.05) is 13.2 Å². The highest BCUT2D eigenvalue weighted by molar-refractivity contribution is 5.91. The van der Waals surface area contributed by atoms with E-state index in [0.29, 0.717) is 24.5 Å². The molecular weight excluding hydrogens is 302 g/mol. The van der Waals surface area contributed by atoms with Gasteiger partial charge in [0.1, 0.15) is 18.1 Å². The number of nitrogens with zero attached hydrogens (tertiary/aromatic N) is 1. The van der Waals surface area contributed by atoms with E-state index >= 15 is 0 Å². The number of carbonyl (C=O) groups excluding carboxylic acids is 1. The highest BCUT2D eigenvalue weighted by Gasteiger charge is 2.12. The maximum absolute atomic E-state index is 12.0. The Balaban J connectivity index is 2.00. The summed E-state index contributed by atoms with van der Waals surface area (Å²) < 4.78 is 15.4. The van der Waals surface area contributed by atoms with Crippen LogP contribution in [0.25, 0.3) is 0 Å². The molecule has 0 aliphatic heterocycles. The quantitative estimate of drug-likeness (QED) is 0.256. The normalized spacial score (nSPS) is 10.1. The summed E-state index contributed by atoms with van der Waals surface area (Å²) in [7, 11) is 1.58. The van der Waals surface area contributed by atoms with Gasteiger partial charge in [-0.25, -0.2) is 4.79 Å². The topological polar surface area (TPSA) is 87.9 Å². The molecule has 0 aromatic heterocycles. The number of hydrogen-bond acceptors (Lipinski definition) is 6. The van der Waals surface area contributed by atoms with Crippen LogP contribution in [-0.4, -0.2) is 31.2 Å². The number of nitro groups is 1. The smallest absolute Gasteiger partial charge is 0.343 e. The van der Waals surface area contributed by atoms with Gasteiger partial charge in [0.15, 0.2) is 0 Å². The van der Waals surface area contributed by atoms with Gasteiger partial charge in [-0.3, -0.25) is 10.1 Å². The SMILES string of the molecule is COCCOc1ccc(C(=O)Oc2cccc([N+](=O)[O-])c2)cc1. The van der Waals surface area contributed by atoms with Crippen molar-refractivity contribution in [1.82, 2.24) is 0 Å². The maximum atomic E-state index is 12.0. The van der Waals surface area contributed by atoms with Crippen LogP contribution in [-0.2, 0) is 4.74 Å². The maximum Gasteiger partial charge on any atom is 0.343 e. The van der Waals surface area contributed by atoms with Crippen molar-refractivity contribution in [3.63, 3.8) is 0 Å². The first-order chi connectivity index (χ1) is 11.1. The van der Waals surface area contributed by atoms with Crippen molar-refractivity contribution in [1.29, 1.82) is 0 Å². The fraction of sp³-hybridized carbons (Fsp3) is 0.188. The molecule has 0 aliphatic rings. The lowest BCUT2D eigenvalue weighted by molar-refractivity contribution is -0.384. The summed E-state index contributed by atoms with van der Waals surface area (Å²) in [6, 6.07) is 11.8. The Kier molecular flexibility index (Phi) is 5.65. The Hall–Kier alpha value is -2.93. The predicted octanol–water partition coefficient (Wildman–Crippen LogP) is 2.84. The summed E-state index contributed by atoms with van der Waals surface area (Å²) in [5.41, 5.74) is 0.174. The minimum Gasteiger partial charge on any atom is -0.491 e. The molecule has 0 amide bonds. The fourth-order valence-electron chi connectivity index (χ4n) is 1.76. The molecule has 0 saturated heterocycles. The molecule has 0 radical (unpaired) electrons. The van der Waals surface area contributed by atoms with Crippen molar-refractivity contribution in [2.75, 3.05) is 20.3 Å². The van der Waals surface area contributed by atoms with E-state index in [-0.39, 0.29) is 11.4 Å². The second kappa shape index (κ2) is 7.90. The van der Waals surface area contributed by atoms with Gasteiger partial charge < -0.3 is 14.2 Å². The van der Waals surface area contributed by atoms with Crippen molar-refractivity contribution in [2.24, 2.45) is 0 Å². The average molecular weight is 317 g/mol. The number of hydrogen-bond donors (Lipinski definition) is 0. The van der Waals surface area contributed by atoms with Crippen LogP contribution in [0, 0.1) is 10.1 Å². The summed E-state index contributed by atoms with van der Waals surface area (Å²) >= 11 is 0. The number of nitro benzene ring substituents is 1. The Morgan fingerprint density at radius 3 is 2.48 bits per heavy atom.